The van der Waals surface area contributed by atoms with E-state index in [2.05, 4.69) is 59.6 Å². The van der Waals surface area contributed by atoms with Gasteiger partial charge in [-0.25, -0.2) is 0 Å². The van der Waals surface area contributed by atoms with Crippen LogP contribution >= 0.6 is 11.3 Å². The van der Waals surface area contributed by atoms with Gasteiger partial charge in [-0.2, -0.15) is 5.10 Å². The second-order valence-electron chi connectivity index (χ2n) is 9.67. The van der Waals surface area contributed by atoms with Crippen LogP contribution in [0.1, 0.15) is 59.2 Å². The molecule has 33 heavy (non-hydrogen) atoms. The smallest absolute Gasteiger partial charge is 0.0963 e. The molecule has 2 aliphatic carbocycles. The number of aryl methyl sites for hydroxylation is 1. The first kappa shape index (κ1) is 20.6. The summed E-state index contributed by atoms with van der Waals surface area (Å²) in [6, 6.07) is 17.9. The van der Waals surface area contributed by atoms with Crippen molar-refractivity contribution in [1.29, 1.82) is 5.41 Å². The molecule has 0 bridgehead atoms. The predicted octanol–water partition coefficient (Wildman–Crippen LogP) is 7.81. The maximum Gasteiger partial charge on any atom is 0.0963 e. The molecule has 2 aliphatic rings. The van der Waals surface area contributed by atoms with E-state index in [0.717, 1.165) is 34.7 Å². The molecular weight excluding hydrogens is 422 g/mol. The van der Waals surface area contributed by atoms with Crippen LogP contribution in [0.15, 0.2) is 48.5 Å². The number of rotatable bonds is 5. The maximum absolute atomic E-state index is 7.53. The van der Waals surface area contributed by atoms with Crippen molar-refractivity contribution < 1.29 is 0 Å². The Morgan fingerprint density at radius 1 is 1.03 bits per heavy atom. The van der Waals surface area contributed by atoms with Gasteiger partial charge in [0.15, 0.2) is 0 Å². The van der Waals surface area contributed by atoms with Crippen LogP contribution in [0.2, 0.25) is 0 Å². The first-order chi connectivity index (χ1) is 16.2. The van der Waals surface area contributed by atoms with E-state index in [4.69, 9.17) is 5.41 Å². The van der Waals surface area contributed by atoms with Crippen molar-refractivity contribution in [1.82, 2.24) is 10.2 Å². The number of H-pyrrole nitrogens is 1. The Labute approximate surface area is 199 Å². The molecule has 0 saturated heterocycles. The zero-order chi connectivity index (χ0) is 22.4. The van der Waals surface area contributed by atoms with Gasteiger partial charge in [-0.1, -0.05) is 68.5 Å². The molecule has 2 aromatic heterocycles. The molecule has 4 aromatic rings. The van der Waals surface area contributed by atoms with E-state index in [1.807, 2.05) is 17.4 Å². The Bertz CT molecular complexity index is 1320. The monoisotopic (exact) mass is 451 g/mol. The molecule has 0 amide bonds. The zero-order valence-electron chi connectivity index (χ0n) is 19.1. The van der Waals surface area contributed by atoms with E-state index >= 15 is 0 Å². The number of aromatic amines is 1. The van der Waals surface area contributed by atoms with Crippen LogP contribution in [0.4, 0.5) is 0 Å². The molecule has 0 radical (unpaired) electrons. The van der Waals surface area contributed by atoms with Crippen molar-refractivity contribution in [2.24, 2.45) is 5.92 Å². The lowest BCUT2D eigenvalue weighted by Crippen LogP contribution is -2.09. The lowest BCUT2D eigenvalue weighted by molar-refractivity contribution is 0.356. The number of nitrogens with one attached hydrogen (secondary N) is 2. The van der Waals surface area contributed by atoms with E-state index in [0.29, 0.717) is 0 Å². The standard InChI is InChI=1S/C29H29N3S/c1-18-13-22(11-12-23(18)17-30)28-25-16-27-24(29(25)32-31-28)15-26(33-27)21-9-7-20(8-10-21)14-19-5-3-2-4-6-19/h7-13,15,17,19,30H,2-6,14,16H2,1H3,(H,31,32). The van der Waals surface area contributed by atoms with Crippen LogP contribution in [-0.2, 0) is 12.8 Å². The van der Waals surface area contributed by atoms with E-state index in [1.54, 1.807) is 0 Å². The van der Waals surface area contributed by atoms with E-state index in [1.165, 1.54) is 82.4 Å². The average molecular weight is 452 g/mol. The van der Waals surface area contributed by atoms with Gasteiger partial charge in [0.25, 0.3) is 0 Å². The molecule has 2 aromatic carbocycles. The highest BCUT2D eigenvalue weighted by Crippen LogP contribution is 2.46. The lowest BCUT2D eigenvalue weighted by Gasteiger charge is -2.21. The topological polar surface area (TPSA) is 52.5 Å². The van der Waals surface area contributed by atoms with E-state index in [-0.39, 0.29) is 0 Å². The quantitative estimate of drug-likeness (QED) is 0.263. The van der Waals surface area contributed by atoms with Crippen molar-refractivity contribution >= 4 is 17.6 Å². The molecule has 3 nitrogen and oxygen atoms in total. The first-order valence-corrected chi connectivity index (χ1v) is 12.9. The van der Waals surface area contributed by atoms with Gasteiger partial charge in [-0.3, -0.25) is 5.10 Å². The number of hydrogen-bond acceptors (Lipinski definition) is 3. The fraction of sp³-hybridized carbons (Fsp3) is 0.310. The van der Waals surface area contributed by atoms with Crippen LogP contribution in [-0.4, -0.2) is 16.4 Å². The summed E-state index contributed by atoms with van der Waals surface area (Å²) >= 11 is 1.91. The SMILES string of the molecule is Cc1cc(-c2n[nH]c3c2Cc2sc(-c4ccc(CC5CCCCC5)cc4)cc2-3)ccc1C=N. The molecular formula is C29H29N3S. The highest BCUT2D eigenvalue weighted by molar-refractivity contribution is 7.16. The third kappa shape index (κ3) is 3.76. The predicted molar refractivity (Wildman–Crippen MR) is 138 cm³/mol. The minimum Gasteiger partial charge on any atom is -0.308 e. The molecule has 1 saturated carbocycles. The maximum atomic E-state index is 7.53. The van der Waals surface area contributed by atoms with Gasteiger partial charge in [-0.05, 0) is 53.6 Å². The van der Waals surface area contributed by atoms with Crippen LogP contribution in [0.25, 0.3) is 33.0 Å². The summed E-state index contributed by atoms with van der Waals surface area (Å²) in [6.45, 7) is 2.06. The van der Waals surface area contributed by atoms with Crippen LogP contribution in [0.3, 0.4) is 0 Å². The number of aromatic nitrogens is 2. The molecule has 0 atom stereocenters. The van der Waals surface area contributed by atoms with Crippen molar-refractivity contribution in [2.45, 2.75) is 51.9 Å². The third-order valence-corrected chi connectivity index (χ3v) is 8.65. The van der Waals surface area contributed by atoms with Crippen molar-refractivity contribution in [3.05, 3.63) is 75.7 Å². The Morgan fingerprint density at radius 3 is 2.58 bits per heavy atom. The van der Waals surface area contributed by atoms with Crippen molar-refractivity contribution in [3.8, 4) is 33.0 Å². The lowest BCUT2D eigenvalue weighted by atomic mass is 9.85. The average Bonchev–Trinajstić information content (AvgIpc) is 3.52. The summed E-state index contributed by atoms with van der Waals surface area (Å²) in [6.07, 6.45) is 10.6. The highest BCUT2D eigenvalue weighted by atomic mass is 32.1. The van der Waals surface area contributed by atoms with Gasteiger partial charge in [0, 0.05) is 39.1 Å². The molecule has 4 heteroatoms. The van der Waals surface area contributed by atoms with Gasteiger partial charge in [0.05, 0.1) is 11.4 Å². The fourth-order valence-electron chi connectivity index (χ4n) is 5.59. The summed E-state index contributed by atoms with van der Waals surface area (Å²) in [4.78, 5) is 2.77. The van der Waals surface area contributed by atoms with Crippen LogP contribution < -0.4 is 0 Å². The van der Waals surface area contributed by atoms with Gasteiger partial charge < -0.3 is 5.41 Å². The molecule has 1 fully saturated rings. The number of hydrogen-bond donors (Lipinski definition) is 2. The normalized spacial score (nSPS) is 15.4. The van der Waals surface area contributed by atoms with Gasteiger partial charge >= 0.3 is 0 Å². The molecule has 2 heterocycles. The molecule has 166 valence electrons. The van der Waals surface area contributed by atoms with E-state index < -0.39 is 0 Å². The van der Waals surface area contributed by atoms with Gasteiger partial charge in [0.1, 0.15) is 0 Å². The molecule has 0 spiro atoms. The minimum atomic E-state index is 0.883. The van der Waals surface area contributed by atoms with Crippen LogP contribution in [0, 0.1) is 18.3 Å². The van der Waals surface area contributed by atoms with Crippen molar-refractivity contribution in [3.63, 3.8) is 0 Å². The summed E-state index contributed by atoms with van der Waals surface area (Å²) in [5.41, 5.74) is 10.8. The summed E-state index contributed by atoms with van der Waals surface area (Å²) in [5, 5.41) is 15.5. The Kier molecular flexibility index (Phi) is 5.26. The highest BCUT2D eigenvalue weighted by Gasteiger charge is 2.28. The number of benzene rings is 2. The zero-order valence-corrected chi connectivity index (χ0v) is 19.9. The second-order valence-corrected chi connectivity index (χ2v) is 10.8. The molecule has 0 aliphatic heterocycles. The largest absolute Gasteiger partial charge is 0.308 e. The molecule has 6 rings (SSSR count). The number of nitrogens with zero attached hydrogens (tertiary/aromatic N) is 1. The minimum absolute atomic E-state index is 0.883. The van der Waals surface area contributed by atoms with Gasteiger partial charge in [0.2, 0.25) is 0 Å². The first-order valence-electron chi connectivity index (χ1n) is 12.1. The molecule has 2 N–H and O–H groups in total. The summed E-state index contributed by atoms with van der Waals surface area (Å²) in [5.74, 6) is 0.883. The summed E-state index contributed by atoms with van der Waals surface area (Å²) in [7, 11) is 0. The Morgan fingerprint density at radius 2 is 1.82 bits per heavy atom. The summed E-state index contributed by atoms with van der Waals surface area (Å²) < 4.78 is 0. The van der Waals surface area contributed by atoms with Crippen molar-refractivity contribution in [2.75, 3.05) is 0 Å². The van der Waals surface area contributed by atoms with E-state index in [9.17, 15) is 0 Å². The van der Waals surface area contributed by atoms with Crippen LogP contribution in [0.5, 0.6) is 0 Å². The molecule has 0 unspecified atom stereocenters. The Balaban J connectivity index is 1.24. The van der Waals surface area contributed by atoms with Gasteiger partial charge in [-0.15, -0.1) is 11.3 Å². The number of thiophene rings is 1. The fourth-order valence-corrected chi connectivity index (χ4v) is 6.77. The Hall–Kier alpha value is -2.98. The second kappa shape index (κ2) is 8.42. The number of fused-ring (bicyclic) bond motifs is 3. The third-order valence-electron chi connectivity index (χ3n) is 7.47.